The van der Waals surface area contributed by atoms with Crippen molar-refractivity contribution >= 4 is 16.0 Å². The molecule has 4 aromatic carbocycles. The van der Waals surface area contributed by atoms with Gasteiger partial charge in [0.25, 0.3) is 0 Å². The fourth-order valence-corrected chi connectivity index (χ4v) is 5.39. The Kier molecular flexibility index (Phi) is 7.75. The topological polar surface area (TPSA) is 63.7 Å². The van der Waals surface area contributed by atoms with Gasteiger partial charge in [-0.15, -0.1) is 0 Å². The summed E-state index contributed by atoms with van der Waals surface area (Å²) in [5.41, 5.74) is 4.05. The van der Waals surface area contributed by atoms with E-state index in [0.29, 0.717) is 18.5 Å². The van der Waals surface area contributed by atoms with Crippen molar-refractivity contribution < 1.29 is 17.9 Å². The Bertz CT molecular complexity index is 1370. The van der Waals surface area contributed by atoms with E-state index in [1.54, 1.807) is 42.5 Å². The normalized spacial score (nSPS) is 11.4. The van der Waals surface area contributed by atoms with Crippen LogP contribution in [0.25, 0.3) is 11.1 Å². The van der Waals surface area contributed by atoms with Crippen LogP contribution in [-0.4, -0.2) is 32.3 Å². The third-order valence-corrected chi connectivity index (χ3v) is 7.69. The van der Waals surface area contributed by atoms with Crippen LogP contribution in [0.1, 0.15) is 21.5 Å². The number of carbonyl (C=O) groups excluding carboxylic acids is 1. The van der Waals surface area contributed by atoms with E-state index in [4.69, 9.17) is 4.74 Å². The summed E-state index contributed by atoms with van der Waals surface area (Å²) in [6.45, 7) is 0.594. The van der Waals surface area contributed by atoms with E-state index in [2.05, 4.69) is 0 Å². The van der Waals surface area contributed by atoms with E-state index in [0.717, 1.165) is 22.3 Å². The molecular weight excluding hydrogens is 458 g/mol. The lowest BCUT2D eigenvalue weighted by molar-refractivity contribution is 0.0601. The van der Waals surface area contributed by atoms with Crippen molar-refractivity contribution in [2.24, 2.45) is 0 Å². The van der Waals surface area contributed by atoms with Gasteiger partial charge in [0, 0.05) is 13.1 Å². The van der Waals surface area contributed by atoms with Gasteiger partial charge in [-0.3, -0.25) is 0 Å². The van der Waals surface area contributed by atoms with Crippen molar-refractivity contribution in [3.63, 3.8) is 0 Å². The first-order valence-electron chi connectivity index (χ1n) is 11.3. The Labute approximate surface area is 206 Å². The lowest BCUT2D eigenvalue weighted by Gasteiger charge is -2.23. The minimum absolute atomic E-state index is 0.239. The molecule has 0 N–H and O–H groups in total. The maximum atomic E-state index is 13.5. The van der Waals surface area contributed by atoms with E-state index in [1.165, 1.54) is 11.4 Å². The van der Waals surface area contributed by atoms with Crippen molar-refractivity contribution in [2.75, 3.05) is 13.7 Å². The summed E-state index contributed by atoms with van der Waals surface area (Å²) in [7, 11) is -2.32. The second-order valence-electron chi connectivity index (χ2n) is 8.12. The lowest BCUT2D eigenvalue weighted by Crippen LogP contribution is -2.32. The van der Waals surface area contributed by atoms with Crippen LogP contribution < -0.4 is 0 Å². The summed E-state index contributed by atoms with van der Waals surface area (Å²) >= 11 is 0. The first kappa shape index (κ1) is 24.4. The number of hydrogen-bond acceptors (Lipinski definition) is 4. The van der Waals surface area contributed by atoms with Crippen LogP contribution in [0.15, 0.2) is 114 Å². The molecule has 5 nitrogen and oxygen atoms in total. The van der Waals surface area contributed by atoms with Crippen LogP contribution in [0.2, 0.25) is 0 Å². The molecule has 0 bridgehead atoms. The quantitative estimate of drug-likeness (QED) is 0.291. The summed E-state index contributed by atoms with van der Waals surface area (Å²) in [4.78, 5) is 12.4. The van der Waals surface area contributed by atoms with Gasteiger partial charge in [-0.1, -0.05) is 91.0 Å². The first-order valence-corrected chi connectivity index (χ1v) is 12.8. The van der Waals surface area contributed by atoms with Crippen molar-refractivity contribution in [3.05, 3.63) is 126 Å². The molecule has 178 valence electrons. The highest BCUT2D eigenvalue weighted by Crippen LogP contribution is 2.26. The maximum absolute atomic E-state index is 13.5. The number of rotatable bonds is 9. The Balaban J connectivity index is 1.60. The number of nitrogens with zero attached hydrogens (tertiary/aromatic N) is 1. The van der Waals surface area contributed by atoms with Crippen molar-refractivity contribution in [1.29, 1.82) is 0 Å². The summed E-state index contributed by atoms with van der Waals surface area (Å²) in [5, 5.41) is 0. The lowest BCUT2D eigenvalue weighted by atomic mass is 9.98. The highest BCUT2D eigenvalue weighted by molar-refractivity contribution is 7.89. The fourth-order valence-electron chi connectivity index (χ4n) is 3.94. The van der Waals surface area contributed by atoms with Crippen molar-refractivity contribution in [3.8, 4) is 11.1 Å². The average molecular weight is 486 g/mol. The van der Waals surface area contributed by atoms with Gasteiger partial charge in [-0.2, -0.15) is 4.31 Å². The molecule has 0 aliphatic carbocycles. The predicted octanol–water partition coefficient (Wildman–Crippen LogP) is 5.57. The standard InChI is InChI=1S/C29H27NO4S/c1-34-29(31)28-15-9-8-14-27(28)25-18-16-24(17-19-25)22-30(21-20-23-10-4-2-5-11-23)35(32,33)26-12-6-3-7-13-26/h2-19H,20-22H2,1H3. The third-order valence-electron chi connectivity index (χ3n) is 5.83. The van der Waals surface area contributed by atoms with Gasteiger partial charge < -0.3 is 4.74 Å². The summed E-state index contributed by atoms with van der Waals surface area (Å²) in [6.07, 6.45) is 0.609. The van der Waals surface area contributed by atoms with Crippen molar-refractivity contribution in [2.45, 2.75) is 17.9 Å². The molecule has 0 spiro atoms. The zero-order chi connectivity index (χ0) is 24.7. The van der Waals surface area contributed by atoms with Crippen LogP contribution in [0.5, 0.6) is 0 Å². The van der Waals surface area contributed by atoms with Crippen molar-refractivity contribution in [1.82, 2.24) is 4.31 Å². The number of esters is 1. The Morgan fingerprint density at radius 1 is 0.743 bits per heavy atom. The van der Waals surface area contributed by atoms with Gasteiger partial charge in [0.1, 0.15) is 0 Å². The van der Waals surface area contributed by atoms with E-state index in [9.17, 15) is 13.2 Å². The van der Waals surface area contributed by atoms with Crippen LogP contribution in [-0.2, 0) is 27.7 Å². The molecule has 0 aromatic heterocycles. The van der Waals surface area contributed by atoms with Gasteiger partial charge in [0.15, 0.2) is 0 Å². The second kappa shape index (κ2) is 11.1. The second-order valence-corrected chi connectivity index (χ2v) is 10.1. The number of ether oxygens (including phenoxy) is 1. The third kappa shape index (κ3) is 5.85. The predicted molar refractivity (Wildman–Crippen MR) is 137 cm³/mol. The molecule has 0 unspecified atom stereocenters. The molecule has 4 rings (SSSR count). The number of benzene rings is 4. The minimum atomic E-state index is -3.68. The molecule has 0 atom stereocenters. The first-order chi connectivity index (χ1) is 17.0. The number of hydrogen-bond donors (Lipinski definition) is 0. The number of carbonyl (C=O) groups is 1. The molecule has 6 heteroatoms. The van der Waals surface area contributed by atoms with Crippen LogP contribution >= 0.6 is 0 Å². The SMILES string of the molecule is COC(=O)c1ccccc1-c1ccc(CN(CCc2ccccc2)S(=O)(=O)c2ccccc2)cc1. The average Bonchev–Trinajstić information content (AvgIpc) is 2.92. The molecule has 0 aliphatic heterocycles. The van der Waals surface area contributed by atoms with Crippen LogP contribution in [0, 0.1) is 0 Å². The molecular formula is C29H27NO4S. The Hall–Kier alpha value is -3.74. The minimum Gasteiger partial charge on any atom is -0.465 e. The van der Waals surface area contributed by atoms with E-state index in [1.807, 2.05) is 66.7 Å². The molecule has 35 heavy (non-hydrogen) atoms. The molecule has 0 amide bonds. The van der Waals surface area contributed by atoms with E-state index in [-0.39, 0.29) is 11.4 Å². The van der Waals surface area contributed by atoms with Crippen LogP contribution in [0.4, 0.5) is 0 Å². The van der Waals surface area contributed by atoms with Gasteiger partial charge in [-0.25, -0.2) is 13.2 Å². The zero-order valence-electron chi connectivity index (χ0n) is 19.5. The Morgan fingerprint density at radius 3 is 2.00 bits per heavy atom. The maximum Gasteiger partial charge on any atom is 0.338 e. The number of methoxy groups -OCH3 is 1. The molecule has 0 saturated carbocycles. The molecule has 4 aromatic rings. The van der Waals surface area contributed by atoms with Gasteiger partial charge in [0.05, 0.1) is 17.6 Å². The zero-order valence-corrected chi connectivity index (χ0v) is 20.3. The fraction of sp³-hybridized carbons (Fsp3) is 0.138. The van der Waals surface area contributed by atoms with Crippen LogP contribution in [0.3, 0.4) is 0 Å². The van der Waals surface area contributed by atoms with Gasteiger partial charge >= 0.3 is 5.97 Å². The molecule has 0 radical (unpaired) electrons. The van der Waals surface area contributed by atoms with E-state index >= 15 is 0 Å². The molecule has 0 saturated heterocycles. The van der Waals surface area contributed by atoms with E-state index < -0.39 is 16.0 Å². The summed E-state index contributed by atoms with van der Waals surface area (Å²) in [6, 6.07) is 33.2. The molecule has 0 fully saturated rings. The van der Waals surface area contributed by atoms with Gasteiger partial charge in [-0.05, 0) is 46.9 Å². The number of sulfonamides is 1. The molecule has 0 heterocycles. The highest BCUT2D eigenvalue weighted by atomic mass is 32.2. The highest BCUT2D eigenvalue weighted by Gasteiger charge is 2.24. The largest absolute Gasteiger partial charge is 0.465 e. The van der Waals surface area contributed by atoms with Gasteiger partial charge in [0.2, 0.25) is 10.0 Å². The smallest absolute Gasteiger partial charge is 0.338 e. The monoisotopic (exact) mass is 485 g/mol. The Morgan fingerprint density at radius 2 is 1.34 bits per heavy atom. The summed E-state index contributed by atoms with van der Waals surface area (Å²) < 4.78 is 33.4. The summed E-state index contributed by atoms with van der Waals surface area (Å²) in [5.74, 6) is -0.397. The molecule has 0 aliphatic rings.